The average Bonchev–Trinajstić information content (AvgIpc) is 2.34. The van der Waals surface area contributed by atoms with Crippen LogP contribution in [-0.2, 0) is 12.8 Å². The standard InChI is InChI=1S/C16H26O/c1-5-13-8-9-14(6-2)15(11-13)16(17)10-7-12(3)4/h8-9,11-12,16-17H,5-7,10H2,1-4H3. The van der Waals surface area contributed by atoms with Crippen LogP contribution in [0.3, 0.4) is 0 Å². The zero-order valence-corrected chi connectivity index (χ0v) is 11.7. The molecule has 0 amide bonds. The minimum absolute atomic E-state index is 0.293. The Morgan fingerprint density at radius 3 is 2.29 bits per heavy atom. The van der Waals surface area contributed by atoms with Crippen molar-refractivity contribution in [2.45, 2.75) is 59.5 Å². The number of aliphatic hydroxyl groups excluding tert-OH is 1. The van der Waals surface area contributed by atoms with Gasteiger partial charge in [0.2, 0.25) is 0 Å². The van der Waals surface area contributed by atoms with Gasteiger partial charge < -0.3 is 5.11 Å². The Kier molecular flexibility index (Phi) is 5.70. The first-order valence-electron chi connectivity index (χ1n) is 6.88. The highest BCUT2D eigenvalue weighted by Gasteiger charge is 2.12. The first-order chi connectivity index (χ1) is 8.08. The molecular weight excluding hydrogens is 208 g/mol. The summed E-state index contributed by atoms with van der Waals surface area (Å²) in [7, 11) is 0. The Balaban J connectivity index is 2.85. The summed E-state index contributed by atoms with van der Waals surface area (Å²) in [4.78, 5) is 0. The van der Waals surface area contributed by atoms with Crippen LogP contribution < -0.4 is 0 Å². The molecule has 17 heavy (non-hydrogen) atoms. The Labute approximate surface area is 106 Å². The SMILES string of the molecule is CCc1ccc(CC)c(C(O)CCC(C)C)c1. The van der Waals surface area contributed by atoms with E-state index in [-0.39, 0.29) is 6.10 Å². The molecule has 1 atom stereocenters. The monoisotopic (exact) mass is 234 g/mol. The topological polar surface area (TPSA) is 20.2 Å². The number of aryl methyl sites for hydroxylation is 2. The van der Waals surface area contributed by atoms with Gasteiger partial charge in [-0.15, -0.1) is 0 Å². The number of rotatable bonds is 6. The summed E-state index contributed by atoms with van der Waals surface area (Å²) in [5, 5.41) is 10.3. The lowest BCUT2D eigenvalue weighted by Crippen LogP contribution is -2.04. The summed E-state index contributed by atoms with van der Waals surface area (Å²) in [6.45, 7) is 8.72. The van der Waals surface area contributed by atoms with E-state index >= 15 is 0 Å². The molecule has 1 nitrogen and oxygen atoms in total. The lowest BCUT2D eigenvalue weighted by molar-refractivity contribution is 0.158. The van der Waals surface area contributed by atoms with Crippen molar-refractivity contribution in [2.24, 2.45) is 5.92 Å². The summed E-state index contributed by atoms with van der Waals surface area (Å²) in [6.07, 6.45) is 3.70. The van der Waals surface area contributed by atoms with Crippen LogP contribution >= 0.6 is 0 Å². The smallest absolute Gasteiger partial charge is 0.0792 e. The normalized spacial score (nSPS) is 13.1. The van der Waals surface area contributed by atoms with E-state index in [0.29, 0.717) is 5.92 Å². The highest BCUT2D eigenvalue weighted by atomic mass is 16.3. The molecule has 0 aliphatic heterocycles. The van der Waals surface area contributed by atoms with Gasteiger partial charge in [-0.2, -0.15) is 0 Å². The van der Waals surface area contributed by atoms with Crippen LogP contribution in [0.4, 0.5) is 0 Å². The van der Waals surface area contributed by atoms with Gasteiger partial charge in [0.1, 0.15) is 0 Å². The van der Waals surface area contributed by atoms with E-state index in [1.54, 1.807) is 0 Å². The molecule has 0 saturated carbocycles. The van der Waals surface area contributed by atoms with Gasteiger partial charge in [0.05, 0.1) is 6.10 Å². The number of aliphatic hydroxyl groups is 1. The second kappa shape index (κ2) is 6.80. The largest absolute Gasteiger partial charge is 0.388 e. The molecule has 0 aromatic heterocycles. The van der Waals surface area contributed by atoms with Gasteiger partial charge in [-0.05, 0) is 48.3 Å². The van der Waals surface area contributed by atoms with Crippen molar-refractivity contribution in [1.82, 2.24) is 0 Å². The molecule has 0 saturated heterocycles. The molecule has 0 fully saturated rings. The highest BCUT2D eigenvalue weighted by molar-refractivity contribution is 5.33. The van der Waals surface area contributed by atoms with Gasteiger partial charge in [0, 0.05) is 0 Å². The fourth-order valence-corrected chi connectivity index (χ4v) is 2.14. The zero-order valence-electron chi connectivity index (χ0n) is 11.7. The molecule has 0 aliphatic rings. The van der Waals surface area contributed by atoms with Crippen molar-refractivity contribution in [3.05, 3.63) is 34.9 Å². The van der Waals surface area contributed by atoms with E-state index in [1.165, 1.54) is 11.1 Å². The van der Waals surface area contributed by atoms with Crippen molar-refractivity contribution in [3.8, 4) is 0 Å². The molecule has 1 aromatic carbocycles. The van der Waals surface area contributed by atoms with Gasteiger partial charge in [0.25, 0.3) is 0 Å². The van der Waals surface area contributed by atoms with Crippen LogP contribution in [0.15, 0.2) is 18.2 Å². The van der Waals surface area contributed by atoms with Gasteiger partial charge in [-0.3, -0.25) is 0 Å². The molecule has 1 unspecified atom stereocenters. The molecule has 1 aromatic rings. The summed E-state index contributed by atoms with van der Waals surface area (Å²) >= 11 is 0. The molecule has 0 radical (unpaired) electrons. The second-order valence-corrected chi connectivity index (χ2v) is 5.23. The van der Waals surface area contributed by atoms with E-state index < -0.39 is 0 Å². The lowest BCUT2D eigenvalue weighted by atomic mass is 9.93. The highest BCUT2D eigenvalue weighted by Crippen LogP contribution is 2.25. The molecule has 96 valence electrons. The van der Waals surface area contributed by atoms with Crippen molar-refractivity contribution in [1.29, 1.82) is 0 Å². The molecule has 0 bridgehead atoms. The van der Waals surface area contributed by atoms with E-state index in [0.717, 1.165) is 31.2 Å². The van der Waals surface area contributed by atoms with Gasteiger partial charge in [-0.25, -0.2) is 0 Å². The molecule has 0 spiro atoms. The van der Waals surface area contributed by atoms with Gasteiger partial charge in [0.15, 0.2) is 0 Å². The molecule has 1 heteroatoms. The van der Waals surface area contributed by atoms with Crippen LogP contribution in [0.1, 0.15) is 63.3 Å². The minimum Gasteiger partial charge on any atom is -0.388 e. The fourth-order valence-electron chi connectivity index (χ4n) is 2.14. The first kappa shape index (κ1) is 14.2. The van der Waals surface area contributed by atoms with Crippen molar-refractivity contribution in [2.75, 3.05) is 0 Å². The Morgan fingerprint density at radius 1 is 1.06 bits per heavy atom. The third kappa shape index (κ3) is 4.16. The maximum absolute atomic E-state index is 10.3. The zero-order chi connectivity index (χ0) is 12.8. The van der Waals surface area contributed by atoms with E-state index in [2.05, 4.69) is 45.9 Å². The Bertz CT molecular complexity index is 341. The quantitative estimate of drug-likeness (QED) is 0.779. The first-order valence-corrected chi connectivity index (χ1v) is 6.88. The summed E-state index contributed by atoms with van der Waals surface area (Å²) < 4.78 is 0. The second-order valence-electron chi connectivity index (χ2n) is 5.23. The molecular formula is C16H26O. The van der Waals surface area contributed by atoms with E-state index in [1.807, 2.05) is 0 Å². The summed E-state index contributed by atoms with van der Waals surface area (Å²) in [5.41, 5.74) is 3.76. The average molecular weight is 234 g/mol. The van der Waals surface area contributed by atoms with Gasteiger partial charge in [-0.1, -0.05) is 45.9 Å². The van der Waals surface area contributed by atoms with Crippen LogP contribution in [0.25, 0.3) is 0 Å². The van der Waals surface area contributed by atoms with E-state index in [9.17, 15) is 5.11 Å². The van der Waals surface area contributed by atoms with Crippen LogP contribution in [0.2, 0.25) is 0 Å². The van der Waals surface area contributed by atoms with Crippen LogP contribution in [0.5, 0.6) is 0 Å². The fraction of sp³-hybridized carbons (Fsp3) is 0.625. The third-order valence-corrected chi connectivity index (χ3v) is 3.38. The van der Waals surface area contributed by atoms with Gasteiger partial charge >= 0.3 is 0 Å². The maximum Gasteiger partial charge on any atom is 0.0792 e. The predicted molar refractivity (Wildman–Crippen MR) is 74.2 cm³/mol. The summed E-state index contributed by atoms with van der Waals surface area (Å²) in [5.74, 6) is 0.657. The number of benzene rings is 1. The predicted octanol–water partition coefficient (Wildman–Crippen LogP) is 4.28. The van der Waals surface area contributed by atoms with Crippen LogP contribution in [-0.4, -0.2) is 5.11 Å². The molecule has 0 aliphatic carbocycles. The lowest BCUT2D eigenvalue weighted by Gasteiger charge is -2.17. The Morgan fingerprint density at radius 2 is 1.76 bits per heavy atom. The van der Waals surface area contributed by atoms with Crippen molar-refractivity contribution >= 4 is 0 Å². The third-order valence-electron chi connectivity index (χ3n) is 3.38. The Hall–Kier alpha value is -0.820. The number of hydrogen-bond acceptors (Lipinski definition) is 1. The molecule has 1 N–H and O–H groups in total. The molecule has 0 heterocycles. The summed E-state index contributed by atoms with van der Waals surface area (Å²) in [6, 6.07) is 6.54. The maximum atomic E-state index is 10.3. The molecule has 1 rings (SSSR count). The van der Waals surface area contributed by atoms with E-state index in [4.69, 9.17) is 0 Å². The van der Waals surface area contributed by atoms with Crippen LogP contribution in [0, 0.1) is 5.92 Å². The van der Waals surface area contributed by atoms with Crippen molar-refractivity contribution in [3.63, 3.8) is 0 Å². The van der Waals surface area contributed by atoms with Crippen molar-refractivity contribution < 1.29 is 5.11 Å². The number of hydrogen-bond donors (Lipinski definition) is 1. The minimum atomic E-state index is -0.293.